The van der Waals surface area contributed by atoms with Gasteiger partial charge in [0, 0.05) is 37.8 Å². The van der Waals surface area contributed by atoms with E-state index < -0.39 is 0 Å². The van der Waals surface area contributed by atoms with Crippen LogP contribution in [0.25, 0.3) is 16.3 Å². The summed E-state index contributed by atoms with van der Waals surface area (Å²) in [7, 11) is 1.81. The van der Waals surface area contributed by atoms with E-state index in [2.05, 4.69) is 6.07 Å². The number of rotatable bonds is 6. The fraction of sp³-hybridized carbons (Fsp3) is 0.263. The third kappa shape index (κ3) is 3.81. The molecule has 25 heavy (non-hydrogen) atoms. The van der Waals surface area contributed by atoms with E-state index in [1.54, 1.807) is 16.2 Å². The highest BCUT2D eigenvalue weighted by Crippen LogP contribution is 2.28. The van der Waals surface area contributed by atoms with Gasteiger partial charge >= 0.3 is 0 Å². The van der Waals surface area contributed by atoms with E-state index in [-0.39, 0.29) is 11.8 Å². The number of carbonyl (C=O) groups is 1. The average Bonchev–Trinajstić information content (AvgIpc) is 3.30. The van der Waals surface area contributed by atoms with Crippen LogP contribution in [0.4, 0.5) is 0 Å². The Kier molecular flexibility index (Phi) is 5.31. The molecule has 2 aromatic heterocycles. The van der Waals surface area contributed by atoms with Crippen LogP contribution in [-0.4, -0.2) is 34.2 Å². The summed E-state index contributed by atoms with van der Waals surface area (Å²) in [5.74, 6) is -0.133. The minimum absolute atomic E-state index is 0.0482. The molecule has 6 heteroatoms. The molecule has 1 unspecified atom stereocenters. The minimum Gasteiger partial charge on any atom is -0.341 e. The van der Waals surface area contributed by atoms with Gasteiger partial charge in [-0.15, -0.1) is 11.3 Å². The number of thiophene rings is 1. The minimum atomic E-state index is -0.181. The summed E-state index contributed by atoms with van der Waals surface area (Å²) in [5, 5.41) is 6.80. The summed E-state index contributed by atoms with van der Waals surface area (Å²) < 4.78 is 1.87. The van der Waals surface area contributed by atoms with Crippen LogP contribution in [-0.2, 0) is 11.3 Å². The SMILES string of the molecule is CC(CN)C(=O)N(C)Cc1cn(-c2ccccc2)nc1-c1cccs1. The van der Waals surface area contributed by atoms with E-state index in [4.69, 9.17) is 10.8 Å². The lowest BCUT2D eigenvalue weighted by Crippen LogP contribution is -2.34. The monoisotopic (exact) mass is 354 g/mol. The molecule has 0 aliphatic rings. The zero-order valence-corrected chi connectivity index (χ0v) is 15.2. The van der Waals surface area contributed by atoms with Gasteiger partial charge in [0.15, 0.2) is 0 Å². The van der Waals surface area contributed by atoms with Gasteiger partial charge in [-0.05, 0) is 23.6 Å². The van der Waals surface area contributed by atoms with Crippen molar-refractivity contribution in [3.05, 3.63) is 59.6 Å². The van der Waals surface area contributed by atoms with Gasteiger partial charge in [-0.1, -0.05) is 31.2 Å². The van der Waals surface area contributed by atoms with E-state index in [0.717, 1.165) is 21.8 Å². The molecule has 0 fully saturated rings. The third-order valence-electron chi connectivity index (χ3n) is 4.12. The van der Waals surface area contributed by atoms with Gasteiger partial charge < -0.3 is 10.6 Å². The zero-order chi connectivity index (χ0) is 17.8. The van der Waals surface area contributed by atoms with Crippen LogP contribution in [0.2, 0.25) is 0 Å². The fourth-order valence-electron chi connectivity index (χ4n) is 2.67. The number of carbonyl (C=O) groups excluding carboxylic acids is 1. The first-order chi connectivity index (χ1) is 12.1. The molecular weight excluding hydrogens is 332 g/mol. The van der Waals surface area contributed by atoms with Crippen molar-refractivity contribution in [2.45, 2.75) is 13.5 Å². The molecule has 3 aromatic rings. The Morgan fingerprint density at radius 1 is 1.28 bits per heavy atom. The van der Waals surface area contributed by atoms with Gasteiger partial charge in [-0.2, -0.15) is 5.10 Å². The molecule has 130 valence electrons. The first kappa shape index (κ1) is 17.4. The van der Waals surface area contributed by atoms with Gasteiger partial charge in [0.25, 0.3) is 0 Å². The molecule has 2 heterocycles. The van der Waals surface area contributed by atoms with E-state index >= 15 is 0 Å². The Morgan fingerprint density at radius 2 is 2.04 bits per heavy atom. The molecule has 0 spiro atoms. The van der Waals surface area contributed by atoms with E-state index in [1.807, 2.05) is 66.6 Å². The quantitative estimate of drug-likeness (QED) is 0.739. The number of aromatic nitrogens is 2. The number of para-hydroxylation sites is 1. The number of hydrogen-bond acceptors (Lipinski definition) is 4. The van der Waals surface area contributed by atoms with Gasteiger partial charge in [0.2, 0.25) is 5.91 Å². The van der Waals surface area contributed by atoms with Crippen molar-refractivity contribution in [3.8, 4) is 16.3 Å². The molecule has 0 aliphatic carbocycles. The lowest BCUT2D eigenvalue weighted by molar-refractivity contribution is -0.133. The van der Waals surface area contributed by atoms with Crippen molar-refractivity contribution in [1.82, 2.24) is 14.7 Å². The van der Waals surface area contributed by atoms with Crippen LogP contribution in [0.15, 0.2) is 54.0 Å². The van der Waals surface area contributed by atoms with Crippen molar-refractivity contribution in [3.63, 3.8) is 0 Å². The average molecular weight is 354 g/mol. The van der Waals surface area contributed by atoms with Crippen LogP contribution >= 0.6 is 11.3 Å². The smallest absolute Gasteiger partial charge is 0.226 e. The van der Waals surface area contributed by atoms with E-state index in [9.17, 15) is 4.79 Å². The highest BCUT2D eigenvalue weighted by atomic mass is 32.1. The molecule has 0 saturated carbocycles. The molecule has 1 amide bonds. The molecule has 0 bridgehead atoms. The summed E-state index contributed by atoms with van der Waals surface area (Å²) in [6, 6.07) is 14.0. The fourth-order valence-corrected chi connectivity index (χ4v) is 3.41. The Labute approximate surface area is 151 Å². The topological polar surface area (TPSA) is 64.2 Å². The summed E-state index contributed by atoms with van der Waals surface area (Å²) in [6.45, 7) is 2.71. The zero-order valence-electron chi connectivity index (χ0n) is 14.4. The largest absolute Gasteiger partial charge is 0.341 e. The predicted octanol–water partition coefficient (Wildman–Crippen LogP) is 3.15. The molecule has 1 aromatic carbocycles. The van der Waals surface area contributed by atoms with Gasteiger partial charge in [0.1, 0.15) is 5.69 Å². The Balaban J connectivity index is 1.94. The van der Waals surface area contributed by atoms with Crippen molar-refractivity contribution < 1.29 is 4.79 Å². The predicted molar refractivity (Wildman–Crippen MR) is 102 cm³/mol. The van der Waals surface area contributed by atoms with Crippen molar-refractivity contribution in [1.29, 1.82) is 0 Å². The summed E-state index contributed by atoms with van der Waals surface area (Å²) in [4.78, 5) is 15.2. The standard InChI is InChI=1S/C19H22N4OS/c1-14(11-20)19(24)22(2)12-15-13-23(16-7-4-3-5-8-16)21-18(15)17-9-6-10-25-17/h3-10,13-14H,11-12,20H2,1-2H3. The molecule has 2 N–H and O–H groups in total. The molecular formula is C19H22N4OS. The first-order valence-corrected chi connectivity index (χ1v) is 9.11. The van der Waals surface area contributed by atoms with E-state index in [1.165, 1.54) is 0 Å². The van der Waals surface area contributed by atoms with Crippen molar-refractivity contribution in [2.24, 2.45) is 11.7 Å². The van der Waals surface area contributed by atoms with Crippen LogP contribution in [0.1, 0.15) is 12.5 Å². The van der Waals surface area contributed by atoms with Crippen molar-refractivity contribution >= 4 is 17.2 Å². The van der Waals surface area contributed by atoms with Gasteiger partial charge in [-0.25, -0.2) is 4.68 Å². The highest BCUT2D eigenvalue weighted by molar-refractivity contribution is 7.13. The van der Waals surface area contributed by atoms with Crippen LogP contribution < -0.4 is 5.73 Å². The van der Waals surface area contributed by atoms with Crippen LogP contribution in [0.5, 0.6) is 0 Å². The third-order valence-corrected chi connectivity index (χ3v) is 5.00. The lowest BCUT2D eigenvalue weighted by atomic mass is 10.1. The first-order valence-electron chi connectivity index (χ1n) is 8.23. The number of amides is 1. The molecule has 1 atom stereocenters. The number of benzene rings is 1. The Morgan fingerprint density at radius 3 is 2.68 bits per heavy atom. The maximum atomic E-state index is 12.4. The summed E-state index contributed by atoms with van der Waals surface area (Å²) in [5.41, 5.74) is 8.56. The number of nitrogens with zero attached hydrogens (tertiary/aromatic N) is 3. The summed E-state index contributed by atoms with van der Waals surface area (Å²) in [6.07, 6.45) is 2.00. The molecule has 3 rings (SSSR count). The van der Waals surface area contributed by atoms with Gasteiger partial charge in [0.05, 0.1) is 10.6 Å². The lowest BCUT2D eigenvalue weighted by Gasteiger charge is -2.20. The molecule has 0 radical (unpaired) electrons. The molecule has 5 nitrogen and oxygen atoms in total. The van der Waals surface area contributed by atoms with Crippen LogP contribution in [0, 0.1) is 5.92 Å². The molecule has 0 aliphatic heterocycles. The normalized spacial score (nSPS) is 12.1. The second kappa shape index (κ2) is 7.63. The van der Waals surface area contributed by atoms with E-state index in [0.29, 0.717) is 13.1 Å². The molecule has 0 saturated heterocycles. The Bertz CT molecular complexity index is 826. The second-order valence-corrected chi connectivity index (χ2v) is 7.04. The summed E-state index contributed by atoms with van der Waals surface area (Å²) >= 11 is 1.65. The van der Waals surface area contributed by atoms with Crippen LogP contribution in [0.3, 0.4) is 0 Å². The second-order valence-electron chi connectivity index (χ2n) is 6.09. The maximum absolute atomic E-state index is 12.4. The number of hydrogen-bond donors (Lipinski definition) is 1. The van der Waals surface area contributed by atoms with Crippen molar-refractivity contribution in [2.75, 3.05) is 13.6 Å². The highest BCUT2D eigenvalue weighted by Gasteiger charge is 2.20. The van der Waals surface area contributed by atoms with Gasteiger partial charge in [-0.3, -0.25) is 4.79 Å². The maximum Gasteiger partial charge on any atom is 0.226 e. The Hall–Kier alpha value is -2.44. The number of nitrogens with two attached hydrogens (primary N) is 1.